The molecule has 51 heavy (non-hydrogen) atoms. The molecule has 2 heteroatoms. The van der Waals surface area contributed by atoms with E-state index in [1.165, 1.54) is 114 Å². The normalized spacial score (nSPS) is 13.8. The summed E-state index contributed by atoms with van der Waals surface area (Å²) in [4.78, 5) is 0. The third kappa shape index (κ3) is 3.55. The number of fused-ring (bicyclic) bond motifs is 12. The Kier molecular flexibility index (Phi) is 5.25. The Morgan fingerprint density at radius 2 is 1.06 bits per heavy atom. The summed E-state index contributed by atoms with van der Waals surface area (Å²) in [7, 11) is 0. The van der Waals surface area contributed by atoms with Crippen LogP contribution in [-0.2, 0) is 5.41 Å². The smallest absolute Gasteiger partial charge is 0.0544 e. The minimum absolute atomic E-state index is 0.0884. The maximum atomic E-state index is 2.55. The molecule has 0 N–H and O–H groups in total. The molecule has 12 rings (SSSR count). The Hall–Kier alpha value is -5.96. The molecule has 0 atom stereocenters. The summed E-state index contributed by atoms with van der Waals surface area (Å²) < 4.78 is 5.23. The van der Waals surface area contributed by atoms with Gasteiger partial charge in [0, 0.05) is 41.7 Å². The third-order valence-corrected chi connectivity index (χ3v) is 13.1. The van der Waals surface area contributed by atoms with Crippen LogP contribution in [0.4, 0.5) is 0 Å². The second-order valence-corrected chi connectivity index (χ2v) is 16.0. The highest BCUT2D eigenvalue weighted by Gasteiger charge is 2.36. The van der Waals surface area contributed by atoms with Gasteiger partial charge in [0.25, 0.3) is 0 Å². The van der Waals surface area contributed by atoms with Gasteiger partial charge in [-0.3, -0.25) is 0 Å². The largest absolute Gasteiger partial charge is 0.309 e. The molecular formula is C49H31NS. The van der Waals surface area contributed by atoms with E-state index in [4.69, 9.17) is 0 Å². The van der Waals surface area contributed by atoms with Crippen LogP contribution in [-0.4, -0.2) is 4.57 Å². The topological polar surface area (TPSA) is 4.93 Å². The fourth-order valence-corrected chi connectivity index (χ4v) is 10.6. The summed E-state index contributed by atoms with van der Waals surface area (Å²) in [5.41, 5.74) is 17.0. The summed E-state index contributed by atoms with van der Waals surface area (Å²) in [6.07, 6.45) is 0. The lowest BCUT2D eigenvalue weighted by atomic mass is 9.82. The molecule has 0 aliphatic heterocycles. The first-order chi connectivity index (χ1) is 25.0. The second kappa shape index (κ2) is 9.63. The van der Waals surface area contributed by atoms with Crippen LogP contribution in [0.15, 0.2) is 152 Å². The molecule has 0 unspecified atom stereocenters. The number of rotatable bonds is 2. The number of hydrogen-bond donors (Lipinski definition) is 0. The molecule has 0 saturated heterocycles. The lowest BCUT2D eigenvalue weighted by Crippen LogP contribution is -2.15. The molecule has 0 radical (unpaired) electrons. The van der Waals surface area contributed by atoms with Crippen molar-refractivity contribution in [1.82, 2.24) is 4.57 Å². The molecule has 0 amide bonds. The number of aromatic nitrogens is 1. The van der Waals surface area contributed by atoms with Crippen molar-refractivity contribution in [3.05, 3.63) is 163 Å². The van der Waals surface area contributed by atoms with Crippen molar-refractivity contribution >= 4 is 64.1 Å². The molecule has 0 bridgehead atoms. The van der Waals surface area contributed by atoms with E-state index < -0.39 is 0 Å². The fourth-order valence-electron chi connectivity index (χ4n) is 9.55. The monoisotopic (exact) mass is 665 g/mol. The Morgan fingerprint density at radius 1 is 0.412 bits per heavy atom. The van der Waals surface area contributed by atoms with Crippen LogP contribution < -0.4 is 0 Å². The molecule has 0 fully saturated rings. The molecule has 2 aliphatic carbocycles. The van der Waals surface area contributed by atoms with Crippen molar-refractivity contribution in [2.45, 2.75) is 19.3 Å². The number of benzene rings is 8. The highest BCUT2D eigenvalue weighted by Crippen LogP contribution is 2.53. The Morgan fingerprint density at radius 3 is 1.92 bits per heavy atom. The van der Waals surface area contributed by atoms with E-state index in [2.05, 4.69) is 170 Å². The first kappa shape index (κ1) is 27.8. The lowest BCUT2D eigenvalue weighted by Gasteiger charge is -2.22. The van der Waals surface area contributed by atoms with Crippen LogP contribution in [0.25, 0.3) is 103 Å². The summed E-state index contributed by atoms with van der Waals surface area (Å²) >= 11 is 1.88. The molecule has 2 aliphatic rings. The van der Waals surface area contributed by atoms with Crippen LogP contribution >= 0.6 is 11.3 Å². The number of hydrogen-bond acceptors (Lipinski definition) is 1. The van der Waals surface area contributed by atoms with Crippen LogP contribution in [0.1, 0.15) is 25.0 Å². The molecule has 0 saturated carbocycles. The maximum absolute atomic E-state index is 2.55. The molecular weight excluding hydrogens is 635 g/mol. The summed E-state index contributed by atoms with van der Waals surface area (Å²) in [6.45, 7) is 4.77. The van der Waals surface area contributed by atoms with Gasteiger partial charge in [-0.1, -0.05) is 117 Å². The van der Waals surface area contributed by atoms with Crippen molar-refractivity contribution in [2.75, 3.05) is 0 Å². The minimum Gasteiger partial charge on any atom is -0.309 e. The summed E-state index contributed by atoms with van der Waals surface area (Å²) in [5.74, 6) is 0. The highest BCUT2D eigenvalue weighted by molar-refractivity contribution is 7.25. The fraction of sp³-hybridized carbons (Fsp3) is 0.0612. The molecule has 8 aromatic carbocycles. The Bertz CT molecular complexity index is 3140. The summed E-state index contributed by atoms with van der Waals surface area (Å²) in [5, 5.41) is 7.90. The molecule has 2 heterocycles. The van der Waals surface area contributed by atoms with Gasteiger partial charge in [-0.15, -0.1) is 11.3 Å². The van der Waals surface area contributed by atoms with Gasteiger partial charge < -0.3 is 4.57 Å². The first-order valence-corrected chi connectivity index (χ1v) is 18.7. The summed E-state index contributed by atoms with van der Waals surface area (Å²) in [6, 6.07) is 57.3. The van der Waals surface area contributed by atoms with E-state index in [1.54, 1.807) is 0 Å². The highest BCUT2D eigenvalue weighted by atomic mass is 32.1. The predicted octanol–water partition coefficient (Wildman–Crippen LogP) is 13.9. The van der Waals surface area contributed by atoms with E-state index in [0.29, 0.717) is 0 Å². The Balaban J connectivity index is 1.17. The van der Waals surface area contributed by atoms with Gasteiger partial charge in [-0.05, 0) is 110 Å². The van der Waals surface area contributed by atoms with Gasteiger partial charge in [0.15, 0.2) is 0 Å². The van der Waals surface area contributed by atoms with Gasteiger partial charge >= 0.3 is 0 Å². The van der Waals surface area contributed by atoms with Crippen molar-refractivity contribution < 1.29 is 0 Å². The molecule has 238 valence electrons. The number of thiophene rings is 1. The van der Waals surface area contributed by atoms with E-state index in [0.717, 1.165) is 0 Å². The molecule has 10 aromatic rings. The van der Waals surface area contributed by atoms with E-state index in [1.807, 2.05) is 11.3 Å². The van der Waals surface area contributed by atoms with E-state index in [-0.39, 0.29) is 5.41 Å². The Labute approximate surface area is 299 Å². The SMILES string of the molecule is CC1(C)c2ccccc2-c2cc3c4cc(-c5ccc6sc7ccccc7c6c5)ccc4n(-c4ccc5c6c(cccc46)-c4ccccc4-5)c3cc21. The van der Waals surface area contributed by atoms with Crippen LogP contribution in [0, 0.1) is 0 Å². The molecule has 1 nitrogen and oxygen atoms in total. The zero-order valence-electron chi connectivity index (χ0n) is 28.3. The zero-order chi connectivity index (χ0) is 33.6. The standard InChI is InChI=1S/C49H31NS/c1-49(2)41-16-7-5-12-32(41)37-26-39-38-24-28(29-19-23-47-40(25-29)33-13-6-8-17-46(33)51-47)18-21-44(38)50(45(39)27-42(37)49)43-22-20-35-31-11-4-3-10-30(31)34-14-9-15-36(43)48(34)35/h3-27H,1-2H3. The maximum Gasteiger partial charge on any atom is 0.0544 e. The van der Waals surface area contributed by atoms with E-state index in [9.17, 15) is 0 Å². The molecule has 2 aromatic heterocycles. The first-order valence-electron chi connectivity index (χ1n) is 17.8. The quantitative estimate of drug-likeness (QED) is 0.173. The minimum atomic E-state index is -0.0884. The zero-order valence-corrected chi connectivity index (χ0v) is 29.1. The average Bonchev–Trinajstić information content (AvgIpc) is 3.87. The van der Waals surface area contributed by atoms with E-state index >= 15 is 0 Å². The molecule has 0 spiro atoms. The van der Waals surface area contributed by atoms with Crippen LogP contribution in [0.5, 0.6) is 0 Å². The van der Waals surface area contributed by atoms with Crippen molar-refractivity contribution in [3.63, 3.8) is 0 Å². The third-order valence-electron chi connectivity index (χ3n) is 11.9. The van der Waals surface area contributed by atoms with Gasteiger partial charge in [0.05, 0.1) is 16.7 Å². The van der Waals surface area contributed by atoms with Crippen LogP contribution in [0.2, 0.25) is 0 Å². The number of nitrogens with zero attached hydrogens (tertiary/aromatic N) is 1. The average molecular weight is 666 g/mol. The van der Waals surface area contributed by atoms with Crippen molar-refractivity contribution in [1.29, 1.82) is 0 Å². The van der Waals surface area contributed by atoms with Gasteiger partial charge in [0.2, 0.25) is 0 Å². The van der Waals surface area contributed by atoms with Crippen LogP contribution in [0.3, 0.4) is 0 Å². The predicted molar refractivity (Wildman–Crippen MR) is 219 cm³/mol. The van der Waals surface area contributed by atoms with Gasteiger partial charge in [0.1, 0.15) is 0 Å². The van der Waals surface area contributed by atoms with Crippen molar-refractivity contribution in [2.24, 2.45) is 0 Å². The van der Waals surface area contributed by atoms with Gasteiger partial charge in [-0.25, -0.2) is 0 Å². The second-order valence-electron chi connectivity index (χ2n) is 14.9. The van der Waals surface area contributed by atoms with Gasteiger partial charge in [-0.2, -0.15) is 0 Å². The lowest BCUT2D eigenvalue weighted by molar-refractivity contribution is 0.661. The van der Waals surface area contributed by atoms with Crippen molar-refractivity contribution in [3.8, 4) is 50.2 Å².